The molecule has 0 saturated carbocycles. The highest BCUT2D eigenvalue weighted by molar-refractivity contribution is 9.10. The van der Waals surface area contributed by atoms with Gasteiger partial charge in [-0.15, -0.1) is 0 Å². The fraction of sp³-hybridized carbons (Fsp3) is 0.500. The SMILES string of the molecule is CCc1cc(Br)ccc1NC(C)CS(C)(=O)=O. The molecule has 96 valence electrons. The van der Waals surface area contributed by atoms with E-state index in [-0.39, 0.29) is 11.8 Å². The summed E-state index contributed by atoms with van der Waals surface area (Å²) < 4.78 is 23.4. The van der Waals surface area contributed by atoms with E-state index in [2.05, 4.69) is 34.2 Å². The summed E-state index contributed by atoms with van der Waals surface area (Å²) in [7, 11) is -2.94. The summed E-state index contributed by atoms with van der Waals surface area (Å²) in [6.07, 6.45) is 2.17. The number of anilines is 1. The summed E-state index contributed by atoms with van der Waals surface area (Å²) in [5, 5.41) is 3.25. The minimum absolute atomic E-state index is 0.0866. The third-order valence-electron chi connectivity index (χ3n) is 2.40. The summed E-state index contributed by atoms with van der Waals surface area (Å²) in [4.78, 5) is 0. The molecule has 1 unspecified atom stereocenters. The Morgan fingerprint density at radius 1 is 1.41 bits per heavy atom. The van der Waals surface area contributed by atoms with Crippen molar-refractivity contribution in [3.8, 4) is 0 Å². The Morgan fingerprint density at radius 3 is 2.59 bits per heavy atom. The number of rotatable bonds is 5. The molecule has 1 N–H and O–H groups in total. The highest BCUT2D eigenvalue weighted by Crippen LogP contribution is 2.22. The summed E-state index contributed by atoms with van der Waals surface area (Å²) in [6.45, 7) is 3.96. The Balaban J connectivity index is 2.81. The highest BCUT2D eigenvalue weighted by Gasteiger charge is 2.11. The van der Waals surface area contributed by atoms with Crippen LogP contribution in [0.25, 0.3) is 0 Å². The van der Waals surface area contributed by atoms with Gasteiger partial charge in [0.25, 0.3) is 0 Å². The van der Waals surface area contributed by atoms with Crippen LogP contribution in [0.4, 0.5) is 5.69 Å². The molecule has 0 bridgehead atoms. The van der Waals surface area contributed by atoms with Crippen LogP contribution in [0.1, 0.15) is 19.4 Å². The lowest BCUT2D eigenvalue weighted by Gasteiger charge is -2.17. The second kappa shape index (κ2) is 5.87. The van der Waals surface area contributed by atoms with Crippen LogP contribution in [-0.2, 0) is 16.3 Å². The molecule has 0 amide bonds. The van der Waals surface area contributed by atoms with Crippen molar-refractivity contribution >= 4 is 31.5 Å². The minimum Gasteiger partial charge on any atom is -0.381 e. The maximum atomic E-state index is 11.2. The van der Waals surface area contributed by atoms with Gasteiger partial charge in [0.1, 0.15) is 9.84 Å². The lowest BCUT2D eigenvalue weighted by molar-refractivity contribution is 0.598. The maximum Gasteiger partial charge on any atom is 0.149 e. The van der Waals surface area contributed by atoms with Crippen molar-refractivity contribution in [2.45, 2.75) is 26.3 Å². The number of hydrogen-bond donors (Lipinski definition) is 1. The molecule has 0 aliphatic heterocycles. The van der Waals surface area contributed by atoms with Crippen LogP contribution in [0.15, 0.2) is 22.7 Å². The van der Waals surface area contributed by atoms with E-state index in [1.807, 2.05) is 19.1 Å². The largest absolute Gasteiger partial charge is 0.381 e. The van der Waals surface area contributed by atoms with Crippen molar-refractivity contribution in [1.29, 1.82) is 0 Å². The van der Waals surface area contributed by atoms with Gasteiger partial charge in [-0.3, -0.25) is 0 Å². The lowest BCUT2D eigenvalue weighted by atomic mass is 10.1. The number of halogens is 1. The van der Waals surface area contributed by atoms with Gasteiger partial charge in [0.05, 0.1) is 5.75 Å². The zero-order valence-electron chi connectivity index (χ0n) is 10.3. The van der Waals surface area contributed by atoms with Crippen LogP contribution in [0.3, 0.4) is 0 Å². The Labute approximate surface area is 112 Å². The van der Waals surface area contributed by atoms with Gasteiger partial charge in [0.15, 0.2) is 0 Å². The van der Waals surface area contributed by atoms with Gasteiger partial charge >= 0.3 is 0 Å². The van der Waals surface area contributed by atoms with E-state index in [9.17, 15) is 8.42 Å². The van der Waals surface area contributed by atoms with E-state index < -0.39 is 9.84 Å². The van der Waals surface area contributed by atoms with Crippen molar-refractivity contribution in [1.82, 2.24) is 0 Å². The third-order valence-corrected chi connectivity index (χ3v) is 4.00. The predicted molar refractivity (Wildman–Crippen MR) is 76.3 cm³/mol. The van der Waals surface area contributed by atoms with E-state index in [1.54, 1.807) is 0 Å². The Morgan fingerprint density at radius 2 is 2.06 bits per heavy atom. The van der Waals surface area contributed by atoms with Gasteiger partial charge in [-0.25, -0.2) is 8.42 Å². The molecule has 0 fully saturated rings. The second-order valence-corrected chi connectivity index (χ2v) is 7.39. The molecule has 5 heteroatoms. The van der Waals surface area contributed by atoms with Crippen molar-refractivity contribution in [2.75, 3.05) is 17.3 Å². The van der Waals surface area contributed by atoms with Crippen molar-refractivity contribution < 1.29 is 8.42 Å². The number of sulfone groups is 1. The summed E-state index contributed by atoms with van der Waals surface area (Å²) in [5.74, 6) is 0.145. The van der Waals surface area contributed by atoms with E-state index in [1.165, 1.54) is 11.8 Å². The molecule has 0 spiro atoms. The number of benzene rings is 1. The lowest BCUT2D eigenvalue weighted by Crippen LogP contribution is -2.25. The van der Waals surface area contributed by atoms with Crippen LogP contribution < -0.4 is 5.32 Å². The van der Waals surface area contributed by atoms with Gasteiger partial charge in [-0.05, 0) is 37.1 Å². The molecule has 0 saturated heterocycles. The molecule has 0 aromatic heterocycles. The molecule has 0 heterocycles. The van der Waals surface area contributed by atoms with Crippen molar-refractivity contribution in [3.05, 3.63) is 28.2 Å². The van der Waals surface area contributed by atoms with E-state index in [4.69, 9.17) is 0 Å². The fourth-order valence-corrected chi connectivity index (χ4v) is 3.16. The molecule has 1 aromatic rings. The molecule has 0 radical (unpaired) electrons. The summed E-state index contributed by atoms with van der Waals surface area (Å²) in [6, 6.07) is 5.89. The quantitative estimate of drug-likeness (QED) is 0.907. The molecule has 0 aliphatic rings. The second-order valence-electron chi connectivity index (χ2n) is 4.29. The van der Waals surface area contributed by atoms with Crippen molar-refractivity contribution in [2.24, 2.45) is 0 Å². The smallest absolute Gasteiger partial charge is 0.149 e. The monoisotopic (exact) mass is 319 g/mol. The third kappa shape index (κ3) is 5.08. The summed E-state index contributed by atoms with van der Waals surface area (Å²) in [5.41, 5.74) is 2.19. The average molecular weight is 320 g/mol. The van der Waals surface area contributed by atoms with E-state index in [0.717, 1.165) is 16.6 Å². The first-order valence-corrected chi connectivity index (χ1v) is 8.40. The first-order chi connectivity index (χ1) is 7.81. The molecule has 17 heavy (non-hydrogen) atoms. The first kappa shape index (κ1) is 14.5. The van der Waals surface area contributed by atoms with Crippen LogP contribution in [0.2, 0.25) is 0 Å². The van der Waals surface area contributed by atoms with Gasteiger partial charge in [0, 0.05) is 22.5 Å². The minimum atomic E-state index is -2.94. The predicted octanol–water partition coefficient (Wildman–Crippen LogP) is 2.86. The maximum absolute atomic E-state index is 11.2. The van der Waals surface area contributed by atoms with Crippen LogP contribution in [0.5, 0.6) is 0 Å². The molecule has 3 nitrogen and oxygen atoms in total. The Kier molecular flexibility index (Phi) is 5.01. The zero-order valence-corrected chi connectivity index (χ0v) is 12.7. The molecule has 1 rings (SSSR count). The first-order valence-electron chi connectivity index (χ1n) is 5.54. The van der Waals surface area contributed by atoms with Crippen molar-refractivity contribution in [3.63, 3.8) is 0 Å². The Bertz CT molecular complexity index is 485. The summed E-state index contributed by atoms with van der Waals surface area (Å²) >= 11 is 3.43. The standard InChI is InChI=1S/C12H18BrNO2S/c1-4-10-7-11(13)5-6-12(10)14-9(2)8-17(3,15)16/h5-7,9,14H,4,8H2,1-3H3. The van der Waals surface area contributed by atoms with Crippen LogP contribution in [0, 0.1) is 0 Å². The van der Waals surface area contributed by atoms with Crippen LogP contribution in [-0.4, -0.2) is 26.5 Å². The number of nitrogens with one attached hydrogen (secondary N) is 1. The number of aryl methyl sites for hydroxylation is 1. The van der Waals surface area contributed by atoms with Gasteiger partial charge < -0.3 is 5.32 Å². The fourth-order valence-electron chi connectivity index (χ4n) is 1.76. The van der Waals surface area contributed by atoms with Gasteiger partial charge in [0.2, 0.25) is 0 Å². The number of hydrogen-bond acceptors (Lipinski definition) is 3. The molecule has 1 atom stereocenters. The molecule has 0 aliphatic carbocycles. The Hall–Kier alpha value is -0.550. The normalized spacial score (nSPS) is 13.4. The molecular formula is C12H18BrNO2S. The highest BCUT2D eigenvalue weighted by atomic mass is 79.9. The van der Waals surface area contributed by atoms with E-state index >= 15 is 0 Å². The molecule has 1 aromatic carbocycles. The van der Waals surface area contributed by atoms with Crippen LogP contribution >= 0.6 is 15.9 Å². The average Bonchev–Trinajstić information content (AvgIpc) is 2.17. The topological polar surface area (TPSA) is 46.2 Å². The zero-order chi connectivity index (χ0) is 13.1. The molecular weight excluding hydrogens is 302 g/mol. The van der Waals surface area contributed by atoms with Gasteiger partial charge in [-0.1, -0.05) is 22.9 Å². The van der Waals surface area contributed by atoms with E-state index in [0.29, 0.717) is 0 Å². The van der Waals surface area contributed by atoms with Gasteiger partial charge in [-0.2, -0.15) is 0 Å².